The molecular formula is C9H12N2OS. The van der Waals surface area contributed by atoms with E-state index >= 15 is 0 Å². The molecule has 0 aliphatic carbocycles. The van der Waals surface area contributed by atoms with Gasteiger partial charge in [-0.05, 0) is 19.1 Å². The molecule has 0 radical (unpaired) electrons. The first-order chi connectivity index (χ1) is 6.20. The average molecular weight is 196 g/mol. The molecule has 70 valence electrons. The molecule has 0 bridgehead atoms. The minimum absolute atomic E-state index is 0.151. The highest BCUT2D eigenvalue weighted by atomic mass is 32.2. The number of amides is 1. The minimum atomic E-state index is -0.277. The lowest BCUT2D eigenvalue weighted by molar-refractivity contribution is -0.117. The Bertz CT molecular complexity index is 276. The van der Waals surface area contributed by atoms with Crippen LogP contribution in [0, 0.1) is 0 Å². The number of pyridine rings is 1. The summed E-state index contributed by atoms with van der Waals surface area (Å²) in [5, 5.41) is -0.151. The van der Waals surface area contributed by atoms with Gasteiger partial charge >= 0.3 is 0 Å². The summed E-state index contributed by atoms with van der Waals surface area (Å²) in [6.45, 7) is 1.80. The van der Waals surface area contributed by atoms with Gasteiger partial charge in [-0.15, -0.1) is 11.8 Å². The third-order valence-electron chi connectivity index (χ3n) is 1.61. The fourth-order valence-electron chi connectivity index (χ4n) is 0.776. The van der Waals surface area contributed by atoms with Crippen molar-refractivity contribution in [3.63, 3.8) is 0 Å². The Morgan fingerprint density at radius 2 is 2.46 bits per heavy atom. The van der Waals surface area contributed by atoms with Crippen molar-refractivity contribution >= 4 is 17.7 Å². The predicted molar refractivity (Wildman–Crippen MR) is 54.2 cm³/mol. The van der Waals surface area contributed by atoms with Crippen LogP contribution in [-0.2, 0) is 10.5 Å². The molecular weight excluding hydrogens is 184 g/mol. The van der Waals surface area contributed by atoms with E-state index in [0.29, 0.717) is 0 Å². The molecule has 0 aromatic carbocycles. The SMILES string of the molecule is CC(SCc1ccccn1)C(N)=O. The molecule has 13 heavy (non-hydrogen) atoms. The number of carbonyl (C=O) groups is 1. The average Bonchev–Trinajstić information content (AvgIpc) is 2.15. The van der Waals surface area contributed by atoms with Crippen molar-refractivity contribution in [3.8, 4) is 0 Å². The maximum Gasteiger partial charge on any atom is 0.230 e. The first-order valence-corrected chi connectivity index (χ1v) is 5.06. The van der Waals surface area contributed by atoms with Gasteiger partial charge in [0, 0.05) is 11.9 Å². The van der Waals surface area contributed by atoms with Gasteiger partial charge in [0.25, 0.3) is 0 Å². The molecule has 1 atom stereocenters. The van der Waals surface area contributed by atoms with Gasteiger partial charge in [0.2, 0.25) is 5.91 Å². The predicted octanol–water partition coefficient (Wildman–Crippen LogP) is 1.19. The Labute approximate surface area is 81.7 Å². The van der Waals surface area contributed by atoms with Gasteiger partial charge < -0.3 is 5.73 Å². The highest BCUT2D eigenvalue weighted by Gasteiger charge is 2.08. The molecule has 1 rings (SSSR count). The lowest BCUT2D eigenvalue weighted by Crippen LogP contribution is -2.22. The monoisotopic (exact) mass is 196 g/mol. The molecule has 1 heterocycles. The smallest absolute Gasteiger partial charge is 0.230 e. The van der Waals surface area contributed by atoms with E-state index in [-0.39, 0.29) is 11.2 Å². The van der Waals surface area contributed by atoms with Crippen LogP contribution in [0.2, 0.25) is 0 Å². The highest BCUT2D eigenvalue weighted by Crippen LogP contribution is 2.15. The van der Waals surface area contributed by atoms with Crippen molar-refractivity contribution in [3.05, 3.63) is 30.1 Å². The number of primary amides is 1. The molecule has 3 nitrogen and oxygen atoms in total. The van der Waals surface area contributed by atoms with E-state index in [2.05, 4.69) is 4.98 Å². The Morgan fingerprint density at radius 3 is 3.00 bits per heavy atom. The quantitative estimate of drug-likeness (QED) is 0.787. The third-order valence-corrected chi connectivity index (χ3v) is 2.80. The maximum atomic E-state index is 10.7. The summed E-state index contributed by atoms with van der Waals surface area (Å²) in [7, 11) is 0. The lowest BCUT2D eigenvalue weighted by atomic mass is 10.4. The van der Waals surface area contributed by atoms with E-state index < -0.39 is 0 Å². The number of nitrogens with zero attached hydrogens (tertiary/aromatic N) is 1. The number of hydrogen-bond donors (Lipinski definition) is 1. The van der Waals surface area contributed by atoms with E-state index in [4.69, 9.17) is 5.73 Å². The topological polar surface area (TPSA) is 56.0 Å². The minimum Gasteiger partial charge on any atom is -0.369 e. The molecule has 0 saturated carbocycles. The molecule has 1 aromatic heterocycles. The molecule has 0 aliphatic heterocycles. The third kappa shape index (κ3) is 3.46. The van der Waals surface area contributed by atoms with Crippen molar-refractivity contribution in [2.75, 3.05) is 0 Å². The number of aromatic nitrogens is 1. The van der Waals surface area contributed by atoms with E-state index in [1.165, 1.54) is 11.8 Å². The van der Waals surface area contributed by atoms with Crippen LogP contribution in [-0.4, -0.2) is 16.1 Å². The van der Waals surface area contributed by atoms with Crippen LogP contribution in [0.4, 0.5) is 0 Å². The van der Waals surface area contributed by atoms with Gasteiger partial charge in [-0.2, -0.15) is 0 Å². The normalized spacial score (nSPS) is 12.4. The number of hydrogen-bond acceptors (Lipinski definition) is 3. The molecule has 0 spiro atoms. The maximum absolute atomic E-state index is 10.7. The summed E-state index contributed by atoms with van der Waals surface area (Å²) in [5.74, 6) is 0.450. The van der Waals surface area contributed by atoms with Crippen LogP contribution in [0.15, 0.2) is 24.4 Å². The van der Waals surface area contributed by atoms with Gasteiger partial charge in [0.15, 0.2) is 0 Å². The van der Waals surface area contributed by atoms with E-state index in [0.717, 1.165) is 11.4 Å². The van der Waals surface area contributed by atoms with Crippen molar-refractivity contribution < 1.29 is 4.79 Å². The van der Waals surface area contributed by atoms with Crippen molar-refractivity contribution in [2.24, 2.45) is 5.73 Å². The van der Waals surface area contributed by atoms with Crippen molar-refractivity contribution in [2.45, 2.75) is 17.9 Å². The fraction of sp³-hybridized carbons (Fsp3) is 0.333. The summed E-state index contributed by atoms with van der Waals surface area (Å²) in [4.78, 5) is 14.8. The molecule has 2 N–H and O–H groups in total. The van der Waals surface area contributed by atoms with Crippen LogP contribution in [0.5, 0.6) is 0 Å². The van der Waals surface area contributed by atoms with E-state index in [9.17, 15) is 4.79 Å². The fourth-order valence-corrected chi connectivity index (χ4v) is 1.53. The Hall–Kier alpha value is -1.03. The van der Waals surface area contributed by atoms with E-state index in [1.54, 1.807) is 13.1 Å². The van der Waals surface area contributed by atoms with Crippen LogP contribution in [0.3, 0.4) is 0 Å². The summed E-state index contributed by atoms with van der Waals surface area (Å²) in [6, 6.07) is 5.73. The van der Waals surface area contributed by atoms with Crippen LogP contribution >= 0.6 is 11.8 Å². The number of carbonyl (C=O) groups excluding carboxylic acids is 1. The Kier molecular flexibility index (Phi) is 3.76. The van der Waals surface area contributed by atoms with Crippen LogP contribution < -0.4 is 5.73 Å². The zero-order chi connectivity index (χ0) is 9.68. The van der Waals surface area contributed by atoms with Crippen molar-refractivity contribution in [1.82, 2.24) is 4.98 Å². The summed E-state index contributed by atoms with van der Waals surface area (Å²) >= 11 is 1.50. The second-order valence-electron chi connectivity index (χ2n) is 2.68. The van der Waals surface area contributed by atoms with Crippen LogP contribution in [0.1, 0.15) is 12.6 Å². The lowest BCUT2D eigenvalue weighted by Gasteiger charge is -2.05. The van der Waals surface area contributed by atoms with Crippen LogP contribution in [0.25, 0.3) is 0 Å². The molecule has 1 aromatic rings. The second-order valence-corrected chi connectivity index (χ2v) is 4.01. The molecule has 0 saturated heterocycles. The summed E-state index contributed by atoms with van der Waals surface area (Å²) < 4.78 is 0. The van der Waals surface area contributed by atoms with Gasteiger partial charge in [0.1, 0.15) is 0 Å². The Morgan fingerprint density at radius 1 is 1.69 bits per heavy atom. The number of rotatable bonds is 4. The zero-order valence-electron chi connectivity index (χ0n) is 7.43. The van der Waals surface area contributed by atoms with Gasteiger partial charge in [0.05, 0.1) is 10.9 Å². The molecule has 0 fully saturated rings. The Balaban J connectivity index is 2.39. The largest absolute Gasteiger partial charge is 0.369 e. The molecule has 0 aliphatic rings. The second kappa shape index (κ2) is 4.87. The molecule has 4 heteroatoms. The van der Waals surface area contributed by atoms with Gasteiger partial charge in [-0.3, -0.25) is 9.78 Å². The number of nitrogens with two attached hydrogens (primary N) is 1. The van der Waals surface area contributed by atoms with E-state index in [1.807, 2.05) is 18.2 Å². The van der Waals surface area contributed by atoms with Crippen molar-refractivity contribution in [1.29, 1.82) is 0 Å². The van der Waals surface area contributed by atoms with Gasteiger partial charge in [-0.25, -0.2) is 0 Å². The zero-order valence-corrected chi connectivity index (χ0v) is 8.25. The standard InChI is InChI=1S/C9H12N2OS/c1-7(9(10)12)13-6-8-4-2-3-5-11-8/h2-5,7H,6H2,1H3,(H2,10,12). The van der Waals surface area contributed by atoms with Gasteiger partial charge in [-0.1, -0.05) is 6.07 Å². The highest BCUT2D eigenvalue weighted by molar-refractivity contribution is 7.99. The molecule has 1 unspecified atom stereocenters. The number of thioether (sulfide) groups is 1. The summed E-state index contributed by atoms with van der Waals surface area (Å²) in [6.07, 6.45) is 1.74. The molecule has 1 amide bonds. The summed E-state index contributed by atoms with van der Waals surface area (Å²) in [5.41, 5.74) is 6.09. The first-order valence-electron chi connectivity index (χ1n) is 4.01. The first kappa shape index (κ1) is 10.1.